The number of nitrogens with one attached hydrogen (secondary N) is 1. The van der Waals surface area contributed by atoms with Gasteiger partial charge >= 0.3 is 0 Å². The zero-order valence-electron chi connectivity index (χ0n) is 35.4. The molecule has 0 bridgehead atoms. The van der Waals surface area contributed by atoms with E-state index in [1.165, 1.54) is 93.8 Å². The van der Waals surface area contributed by atoms with Gasteiger partial charge in [-0.05, 0) is 136 Å². The van der Waals surface area contributed by atoms with Gasteiger partial charge < -0.3 is 14.8 Å². The number of hydrogen-bond acceptors (Lipinski definition) is 2. The first kappa shape index (κ1) is 36.6. The Kier molecular flexibility index (Phi) is 8.39. The summed E-state index contributed by atoms with van der Waals surface area (Å²) in [6, 6.07) is 73.8. The van der Waals surface area contributed by atoms with Crippen LogP contribution in [0.5, 0.6) is 0 Å². The van der Waals surface area contributed by atoms with Crippen molar-refractivity contribution in [3.05, 3.63) is 233 Å². The second-order valence-corrected chi connectivity index (χ2v) is 17.3. The summed E-state index contributed by atoms with van der Waals surface area (Å²) >= 11 is 0. The van der Waals surface area contributed by atoms with Crippen molar-refractivity contribution in [2.75, 3.05) is 11.4 Å². The fourth-order valence-electron chi connectivity index (χ4n) is 10.7. The van der Waals surface area contributed by atoms with E-state index in [-0.39, 0.29) is 0 Å². The standard InChI is InChI=1S/C59H47N3/c1-4-61-55-25-14-13-22-47(55)49-31-29-46(35-56(49)61)62(45-28-26-38(2)39(3)32-45)57-36-53-58(50-24-12-11-23-48(50)57)51-30-27-41(40-16-15-17-42(33-40)54-37-60-54)34-52(51)59(53,43-18-7-5-8-19-43)44-20-9-6-10-21-44/h5-36,54,60H,4,37H2,1-3H3. The molecule has 3 nitrogen and oxygen atoms in total. The number of aryl methyl sites for hydroxylation is 3. The third-order valence-corrected chi connectivity index (χ3v) is 13.9. The van der Waals surface area contributed by atoms with Crippen molar-refractivity contribution >= 4 is 49.6 Å². The molecule has 62 heavy (non-hydrogen) atoms. The van der Waals surface area contributed by atoms with Crippen molar-refractivity contribution in [3.8, 4) is 22.3 Å². The van der Waals surface area contributed by atoms with Crippen LogP contribution in [-0.4, -0.2) is 11.1 Å². The van der Waals surface area contributed by atoms with Crippen molar-refractivity contribution in [3.63, 3.8) is 0 Å². The zero-order chi connectivity index (χ0) is 41.5. The Morgan fingerprint density at radius 3 is 1.90 bits per heavy atom. The van der Waals surface area contributed by atoms with Crippen LogP contribution in [0.2, 0.25) is 0 Å². The van der Waals surface area contributed by atoms with Crippen LogP contribution in [0.15, 0.2) is 194 Å². The molecule has 1 aliphatic carbocycles. The first-order valence-electron chi connectivity index (χ1n) is 22.1. The maximum absolute atomic E-state index is 3.51. The fraction of sp³-hybridized carbons (Fsp3) is 0.119. The van der Waals surface area contributed by atoms with Crippen LogP contribution >= 0.6 is 0 Å². The molecule has 0 radical (unpaired) electrons. The van der Waals surface area contributed by atoms with E-state index in [0.717, 1.165) is 30.2 Å². The van der Waals surface area contributed by atoms with Crippen LogP contribution in [0.25, 0.3) is 54.8 Å². The molecular weight excluding hydrogens is 751 g/mol. The number of para-hydroxylation sites is 1. The normalized spacial score (nSPS) is 14.9. The van der Waals surface area contributed by atoms with Gasteiger partial charge in [0.2, 0.25) is 0 Å². The van der Waals surface area contributed by atoms with Crippen LogP contribution in [0.3, 0.4) is 0 Å². The van der Waals surface area contributed by atoms with Crippen molar-refractivity contribution in [2.45, 2.75) is 38.8 Å². The van der Waals surface area contributed by atoms with E-state index in [1.54, 1.807) is 0 Å². The lowest BCUT2D eigenvalue weighted by Crippen LogP contribution is -2.29. The van der Waals surface area contributed by atoms with Crippen molar-refractivity contribution in [1.82, 2.24) is 9.88 Å². The van der Waals surface area contributed by atoms with Gasteiger partial charge in [-0.25, -0.2) is 0 Å². The summed E-state index contributed by atoms with van der Waals surface area (Å²) in [6.45, 7) is 8.62. The van der Waals surface area contributed by atoms with Gasteiger partial charge in [0.25, 0.3) is 0 Å². The maximum Gasteiger partial charge on any atom is 0.0714 e. The smallest absolute Gasteiger partial charge is 0.0714 e. The van der Waals surface area contributed by atoms with Crippen molar-refractivity contribution in [1.29, 1.82) is 0 Å². The van der Waals surface area contributed by atoms with Crippen LogP contribution in [-0.2, 0) is 12.0 Å². The molecule has 9 aromatic carbocycles. The van der Waals surface area contributed by atoms with E-state index in [2.05, 4.69) is 230 Å². The largest absolute Gasteiger partial charge is 0.341 e. The van der Waals surface area contributed by atoms with E-state index in [1.807, 2.05) is 0 Å². The van der Waals surface area contributed by atoms with Crippen LogP contribution in [0, 0.1) is 13.8 Å². The van der Waals surface area contributed by atoms with E-state index in [0.29, 0.717) is 6.04 Å². The number of nitrogens with zero attached hydrogens (tertiary/aromatic N) is 2. The van der Waals surface area contributed by atoms with Gasteiger partial charge in [0, 0.05) is 52.2 Å². The third-order valence-electron chi connectivity index (χ3n) is 13.9. The average Bonchev–Trinajstić information content (AvgIpc) is 4.08. The van der Waals surface area contributed by atoms with Crippen LogP contribution in [0.4, 0.5) is 17.1 Å². The molecule has 1 aliphatic heterocycles. The summed E-state index contributed by atoms with van der Waals surface area (Å²) in [7, 11) is 0. The molecular formula is C59H47N3. The molecule has 1 N–H and O–H groups in total. The molecule has 0 spiro atoms. The summed E-state index contributed by atoms with van der Waals surface area (Å²) in [4.78, 5) is 2.53. The molecule has 10 aromatic rings. The molecule has 2 aliphatic rings. The van der Waals surface area contributed by atoms with E-state index >= 15 is 0 Å². The number of hydrogen-bond donors (Lipinski definition) is 1. The van der Waals surface area contributed by atoms with Gasteiger partial charge in [-0.1, -0.05) is 146 Å². The average molecular weight is 798 g/mol. The molecule has 12 rings (SSSR count). The number of anilines is 3. The molecule has 298 valence electrons. The highest BCUT2D eigenvalue weighted by Crippen LogP contribution is 2.60. The lowest BCUT2D eigenvalue weighted by molar-refractivity contribution is 0.769. The molecule has 2 heterocycles. The number of fused-ring (bicyclic) bond motifs is 8. The van der Waals surface area contributed by atoms with Crippen LogP contribution < -0.4 is 10.2 Å². The first-order chi connectivity index (χ1) is 30.5. The summed E-state index contributed by atoms with van der Waals surface area (Å²) in [5, 5.41) is 8.56. The SMILES string of the molecule is CCn1c2ccccc2c2ccc(N(c3ccc(C)c(C)c3)c3cc4c(c5ccccc35)-c3ccc(-c5cccc(C6CN6)c5)cc3C4(c3ccccc3)c3ccccc3)cc21. The maximum atomic E-state index is 3.51. The Hall–Kier alpha value is -7.20. The third kappa shape index (κ3) is 5.48. The molecule has 1 unspecified atom stereocenters. The van der Waals surface area contributed by atoms with E-state index in [4.69, 9.17) is 0 Å². The monoisotopic (exact) mass is 797 g/mol. The van der Waals surface area contributed by atoms with Gasteiger partial charge in [0.05, 0.1) is 16.6 Å². The highest BCUT2D eigenvalue weighted by atomic mass is 15.1. The molecule has 1 atom stereocenters. The summed E-state index contributed by atoms with van der Waals surface area (Å²) in [5.74, 6) is 0. The highest BCUT2D eigenvalue weighted by Gasteiger charge is 2.47. The van der Waals surface area contributed by atoms with Gasteiger partial charge in [-0.3, -0.25) is 0 Å². The minimum atomic E-state index is -0.606. The second kappa shape index (κ2) is 14.2. The van der Waals surface area contributed by atoms with Crippen molar-refractivity contribution in [2.24, 2.45) is 0 Å². The zero-order valence-corrected chi connectivity index (χ0v) is 35.4. The minimum absolute atomic E-state index is 0.442. The Morgan fingerprint density at radius 1 is 0.532 bits per heavy atom. The van der Waals surface area contributed by atoms with E-state index < -0.39 is 5.41 Å². The number of benzene rings is 9. The predicted molar refractivity (Wildman–Crippen MR) is 260 cm³/mol. The summed E-state index contributed by atoms with van der Waals surface area (Å²) in [5.41, 5.74) is 19.4. The lowest BCUT2D eigenvalue weighted by atomic mass is 9.67. The first-order valence-corrected chi connectivity index (χ1v) is 22.1. The quantitative estimate of drug-likeness (QED) is 0.155. The topological polar surface area (TPSA) is 30.1 Å². The van der Waals surface area contributed by atoms with E-state index in [9.17, 15) is 0 Å². The fourth-order valence-corrected chi connectivity index (χ4v) is 10.7. The summed E-state index contributed by atoms with van der Waals surface area (Å²) < 4.78 is 2.47. The van der Waals surface area contributed by atoms with Gasteiger partial charge in [-0.2, -0.15) is 0 Å². The Bertz CT molecular complexity index is 3330. The molecule has 3 heteroatoms. The van der Waals surface area contributed by atoms with Gasteiger partial charge in [0.1, 0.15) is 0 Å². The molecule has 1 aromatic heterocycles. The molecule has 0 saturated carbocycles. The molecule has 1 fully saturated rings. The number of rotatable bonds is 8. The Morgan fingerprint density at radius 2 is 1.18 bits per heavy atom. The minimum Gasteiger partial charge on any atom is -0.341 e. The Labute approximate surface area is 363 Å². The Balaban J connectivity index is 1.19. The van der Waals surface area contributed by atoms with Gasteiger partial charge in [-0.15, -0.1) is 0 Å². The predicted octanol–water partition coefficient (Wildman–Crippen LogP) is 14.7. The van der Waals surface area contributed by atoms with Crippen LogP contribution in [0.1, 0.15) is 51.9 Å². The molecule has 0 amide bonds. The second-order valence-electron chi connectivity index (χ2n) is 17.3. The molecule has 1 saturated heterocycles. The van der Waals surface area contributed by atoms with Crippen molar-refractivity contribution < 1.29 is 0 Å². The lowest BCUT2D eigenvalue weighted by Gasteiger charge is -2.35. The highest BCUT2D eigenvalue weighted by molar-refractivity contribution is 6.13. The van der Waals surface area contributed by atoms with Gasteiger partial charge in [0.15, 0.2) is 0 Å². The number of aromatic nitrogens is 1. The summed E-state index contributed by atoms with van der Waals surface area (Å²) in [6.07, 6.45) is 0.